The Labute approximate surface area is 181 Å². The van der Waals surface area contributed by atoms with E-state index in [0.717, 1.165) is 10.5 Å². The Bertz CT molecular complexity index is 1340. The van der Waals surface area contributed by atoms with E-state index in [-0.39, 0.29) is 28.0 Å². The summed E-state index contributed by atoms with van der Waals surface area (Å²) in [5.41, 5.74) is -0.105. The Morgan fingerprint density at radius 3 is 2.28 bits per heavy atom. The molecule has 1 aromatic heterocycles. The van der Waals surface area contributed by atoms with E-state index >= 15 is 0 Å². The number of ketones is 1. The van der Waals surface area contributed by atoms with Gasteiger partial charge in [0, 0.05) is 32.2 Å². The lowest BCUT2D eigenvalue weighted by Crippen LogP contribution is -2.18. The van der Waals surface area contributed by atoms with Crippen molar-refractivity contribution in [3.8, 4) is 22.8 Å². The molecule has 0 aliphatic heterocycles. The van der Waals surface area contributed by atoms with Crippen LogP contribution in [-0.4, -0.2) is 16.0 Å². The van der Waals surface area contributed by atoms with E-state index in [1.807, 2.05) is 0 Å². The van der Waals surface area contributed by atoms with Gasteiger partial charge in [0.15, 0.2) is 0 Å². The Kier molecular flexibility index (Phi) is 5.02. The maximum absolute atomic E-state index is 13.3. The van der Waals surface area contributed by atoms with Gasteiger partial charge in [0.25, 0.3) is 0 Å². The quantitative estimate of drug-likeness (QED) is 0.345. The number of carbonyl (C=O) groups is 1. The lowest BCUT2D eigenvalue weighted by molar-refractivity contribution is 0.103. The van der Waals surface area contributed by atoms with Gasteiger partial charge >= 0.3 is 0 Å². The molecule has 29 heavy (non-hydrogen) atoms. The average Bonchev–Trinajstić information content (AvgIpc) is 2.66. The van der Waals surface area contributed by atoms with Gasteiger partial charge in [-0.15, -0.1) is 0 Å². The first-order valence-electron chi connectivity index (χ1n) is 8.44. The third-order valence-electron chi connectivity index (χ3n) is 4.36. The minimum absolute atomic E-state index is 0.0201. The van der Waals surface area contributed by atoms with Crippen LogP contribution < -0.4 is 5.43 Å². The van der Waals surface area contributed by atoms with Crippen molar-refractivity contribution in [2.75, 3.05) is 0 Å². The first-order valence-corrected chi connectivity index (χ1v) is 10.0. The van der Waals surface area contributed by atoms with Crippen LogP contribution in [0, 0.1) is 0 Å². The predicted molar refractivity (Wildman–Crippen MR) is 117 cm³/mol. The fourth-order valence-corrected chi connectivity index (χ4v) is 3.90. The van der Waals surface area contributed by atoms with Gasteiger partial charge in [0.05, 0.1) is 0 Å². The summed E-state index contributed by atoms with van der Waals surface area (Å²) >= 11 is 6.70. The number of phenolic OH excluding ortho intramolecular Hbond substituents is 2. The topological polar surface area (TPSA) is 87.7 Å². The second kappa shape index (κ2) is 7.50. The summed E-state index contributed by atoms with van der Waals surface area (Å²) < 4.78 is 7.30. The molecule has 4 rings (SSSR count). The zero-order valence-electron chi connectivity index (χ0n) is 14.6. The molecule has 0 saturated carbocycles. The molecule has 0 aliphatic rings. The minimum atomic E-state index is -0.677. The second-order valence-corrected chi connectivity index (χ2v) is 8.15. The molecule has 0 saturated heterocycles. The van der Waals surface area contributed by atoms with Crippen LogP contribution >= 0.6 is 31.9 Å². The molecule has 3 aromatic carbocycles. The molecule has 0 atom stereocenters. The van der Waals surface area contributed by atoms with Crippen molar-refractivity contribution in [3.05, 3.63) is 91.0 Å². The number of phenols is 2. The molecule has 0 fully saturated rings. The SMILES string of the molecule is O=C(c1cccc(Br)c1)c1c(-c2cccc(Br)c2)oc2cc(O)cc(O)c2c1=O. The Morgan fingerprint density at radius 1 is 0.897 bits per heavy atom. The van der Waals surface area contributed by atoms with Crippen LogP contribution in [0.5, 0.6) is 11.5 Å². The molecular formula is C22H12Br2O5. The van der Waals surface area contributed by atoms with Crippen molar-refractivity contribution in [3.63, 3.8) is 0 Å². The molecule has 5 nitrogen and oxygen atoms in total. The summed E-state index contributed by atoms with van der Waals surface area (Å²) in [6, 6.07) is 15.9. The van der Waals surface area contributed by atoms with Crippen LogP contribution in [0.4, 0.5) is 0 Å². The zero-order valence-corrected chi connectivity index (χ0v) is 17.8. The minimum Gasteiger partial charge on any atom is -0.508 e. The van der Waals surface area contributed by atoms with Crippen molar-refractivity contribution in [1.29, 1.82) is 0 Å². The van der Waals surface area contributed by atoms with E-state index in [1.54, 1.807) is 48.5 Å². The van der Waals surface area contributed by atoms with Gasteiger partial charge in [-0.2, -0.15) is 0 Å². The summed E-state index contributed by atoms with van der Waals surface area (Å²) in [5.74, 6) is -1.20. The van der Waals surface area contributed by atoms with Gasteiger partial charge in [-0.25, -0.2) is 0 Å². The Balaban J connectivity index is 2.10. The first kappa shape index (κ1) is 19.4. The van der Waals surface area contributed by atoms with Gasteiger partial charge in [-0.1, -0.05) is 56.1 Å². The first-order chi connectivity index (χ1) is 13.8. The van der Waals surface area contributed by atoms with Gasteiger partial charge in [-0.3, -0.25) is 9.59 Å². The maximum atomic E-state index is 13.3. The molecule has 1 heterocycles. The zero-order chi connectivity index (χ0) is 20.7. The number of rotatable bonds is 3. The fraction of sp³-hybridized carbons (Fsp3) is 0. The lowest BCUT2D eigenvalue weighted by atomic mass is 9.97. The van der Waals surface area contributed by atoms with Crippen molar-refractivity contribution < 1.29 is 19.4 Å². The van der Waals surface area contributed by atoms with Crippen LogP contribution in [0.25, 0.3) is 22.3 Å². The van der Waals surface area contributed by atoms with Crippen LogP contribution in [0.15, 0.2) is 78.8 Å². The summed E-state index contributed by atoms with van der Waals surface area (Å²) in [5, 5.41) is 19.8. The van der Waals surface area contributed by atoms with E-state index in [1.165, 1.54) is 6.07 Å². The van der Waals surface area contributed by atoms with Crippen LogP contribution in [0.1, 0.15) is 15.9 Å². The largest absolute Gasteiger partial charge is 0.508 e. The van der Waals surface area contributed by atoms with Crippen LogP contribution in [0.2, 0.25) is 0 Å². The van der Waals surface area contributed by atoms with E-state index in [4.69, 9.17) is 4.42 Å². The third-order valence-corrected chi connectivity index (χ3v) is 5.35. The highest BCUT2D eigenvalue weighted by Crippen LogP contribution is 2.34. The molecule has 0 spiro atoms. The molecule has 2 N–H and O–H groups in total. The number of carbonyl (C=O) groups excluding carboxylic acids is 1. The van der Waals surface area contributed by atoms with Crippen molar-refractivity contribution >= 4 is 48.6 Å². The maximum Gasteiger partial charge on any atom is 0.208 e. The Morgan fingerprint density at radius 2 is 1.59 bits per heavy atom. The molecule has 0 radical (unpaired) electrons. The molecule has 144 valence electrons. The predicted octanol–water partition coefficient (Wildman–Crippen LogP) is 5.63. The van der Waals surface area contributed by atoms with E-state index < -0.39 is 17.0 Å². The van der Waals surface area contributed by atoms with Crippen LogP contribution in [0.3, 0.4) is 0 Å². The van der Waals surface area contributed by atoms with Crippen LogP contribution in [-0.2, 0) is 0 Å². The normalized spacial score (nSPS) is 11.0. The lowest BCUT2D eigenvalue weighted by Gasteiger charge is -2.11. The summed E-state index contributed by atoms with van der Waals surface area (Å²) in [6.07, 6.45) is 0. The smallest absolute Gasteiger partial charge is 0.208 e. The van der Waals surface area contributed by atoms with Crippen molar-refractivity contribution in [1.82, 2.24) is 0 Å². The molecule has 4 aromatic rings. The number of fused-ring (bicyclic) bond motifs is 1. The molecule has 0 unspecified atom stereocenters. The van der Waals surface area contributed by atoms with E-state index in [2.05, 4.69) is 31.9 Å². The standard InChI is InChI=1S/C22H12Br2O5/c23-13-5-1-3-11(7-13)20(27)19-21(28)18-16(26)9-15(25)10-17(18)29-22(19)12-4-2-6-14(24)8-12/h1-10,25-26H. The Hall–Kier alpha value is -2.90. The highest BCUT2D eigenvalue weighted by Gasteiger charge is 2.25. The number of hydrogen-bond acceptors (Lipinski definition) is 5. The molecule has 0 bridgehead atoms. The summed E-state index contributed by atoms with van der Waals surface area (Å²) in [4.78, 5) is 26.6. The highest BCUT2D eigenvalue weighted by atomic mass is 79.9. The number of benzene rings is 3. The second-order valence-electron chi connectivity index (χ2n) is 6.32. The number of halogens is 2. The number of aromatic hydroxyl groups is 2. The molecule has 0 aliphatic carbocycles. The monoisotopic (exact) mass is 514 g/mol. The van der Waals surface area contributed by atoms with Crippen molar-refractivity contribution in [2.45, 2.75) is 0 Å². The summed E-state index contributed by atoms with van der Waals surface area (Å²) in [6.45, 7) is 0. The molecular weight excluding hydrogens is 504 g/mol. The van der Waals surface area contributed by atoms with Gasteiger partial charge in [-0.05, 0) is 24.3 Å². The fourth-order valence-electron chi connectivity index (χ4n) is 3.10. The van der Waals surface area contributed by atoms with E-state index in [9.17, 15) is 19.8 Å². The molecule has 7 heteroatoms. The van der Waals surface area contributed by atoms with Crippen molar-refractivity contribution in [2.24, 2.45) is 0 Å². The number of hydrogen-bond donors (Lipinski definition) is 2. The van der Waals surface area contributed by atoms with Gasteiger partial charge < -0.3 is 14.6 Å². The average molecular weight is 516 g/mol. The van der Waals surface area contributed by atoms with Gasteiger partial charge in [0.2, 0.25) is 11.2 Å². The summed E-state index contributed by atoms with van der Waals surface area (Å²) in [7, 11) is 0. The highest BCUT2D eigenvalue weighted by molar-refractivity contribution is 9.10. The van der Waals surface area contributed by atoms with Gasteiger partial charge in [0.1, 0.15) is 33.8 Å². The van der Waals surface area contributed by atoms with E-state index in [0.29, 0.717) is 15.6 Å². The third kappa shape index (κ3) is 3.59. The molecule has 0 amide bonds.